The molecule has 0 saturated heterocycles. The molecule has 14 heteroatoms. The summed E-state index contributed by atoms with van der Waals surface area (Å²) in [5, 5.41) is 5.83. The lowest BCUT2D eigenvalue weighted by molar-refractivity contribution is -0.157. The van der Waals surface area contributed by atoms with Crippen molar-refractivity contribution in [3.05, 3.63) is 106 Å². The average Bonchev–Trinajstić information content (AvgIpc) is 3.18. The zero-order valence-corrected chi connectivity index (χ0v) is 33.7. The van der Waals surface area contributed by atoms with Crippen LogP contribution in [0.1, 0.15) is 71.0 Å². The summed E-state index contributed by atoms with van der Waals surface area (Å²) in [4.78, 5) is 77.9. The topological polar surface area (TPSA) is 163 Å². The molecule has 3 aromatic carbocycles. The number of amides is 2. The van der Waals surface area contributed by atoms with Crippen LogP contribution < -0.4 is 20.1 Å². The summed E-state index contributed by atoms with van der Waals surface area (Å²) in [7, 11) is 2.55. The van der Waals surface area contributed by atoms with E-state index in [4.69, 9.17) is 18.9 Å². The fourth-order valence-corrected chi connectivity index (χ4v) is 8.10. The predicted octanol–water partition coefficient (Wildman–Crippen LogP) is 5.80. The van der Waals surface area contributed by atoms with Crippen molar-refractivity contribution >= 4 is 59.2 Å². The number of carbonyl (C=O) groups excluding carboxylic acids is 6. The van der Waals surface area contributed by atoms with Gasteiger partial charge in [0.1, 0.15) is 11.5 Å². The Morgan fingerprint density at radius 3 is 1.38 bits per heavy atom. The van der Waals surface area contributed by atoms with E-state index in [1.165, 1.54) is 37.7 Å². The lowest BCUT2D eigenvalue weighted by Gasteiger charge is -2.31. The van der Waals surface area contributed by atoms with Gasteiger partial charge in [-0.05, 0) is 77.4 Å². The lowest BCUT2D eigenvalue weighted by Crippen LogP contribution is -2.36. The summed E-state index contributed by atoms with van der Waals surface area (Å²) >= 11 is 2.64. The molecule has 6 bridgehead atoms. The molecule has 2 atom stereocenters. The van der Waals surface area contributed by atoms with Crippen LogP contribution in [0.5, 0.6) is 11.5 Å². The second kappa shape index (κ2) is 19.2. The molecule has 0 saturated carbocycles. The summed E-state index contributed by atoms with van der Waals surface area (Å²) in [5.74, 6) is -2.70. The molecule has 1 aliphatic carbocycles. The molecule has 0 radical (unpaired) electrons. The fraction of sp³-hybridized carbons (Fsp3) is 0.381. The highest BCUT2D eigenvalue weighted by Gasteiger charge is 2.40. The van der Waals surface area contributed by atoms with Gasteiger partial charge in [0.05, 0.1) is 37.6 Å². The Morgan fingerprint density at radius 2 is 1.02 bits per heavy atom. The summed E-state index contributed by atoms with van der Waals surface area (Å²) in [6.45, 7) is 6.43. The van der Waals surface area contributed by atoms with Crippen LogP contribution in [0.3, 0.4) is 0 Å². The minimum atomic E-state index is -0.752. The molecule has 2 amide bonds. The van der Waals surface area contributed by atoms with Crippen molar-refractivity contribution in [2.75, 3.05) is 37.2 Å². The van der Waals surface area contributed by atoms with E-state index in [-0.39, 0.29) is 54.7 Å². The van der Waals surface area contributed by atoms with Crippen LogP contribution in [0.2, 0.25) is 0 Å². The van der Waals surface area contributed by atoms with Gasteiger partial charge in [-0.25, -0.2) is 0 Å². The van der Waals surface area contributed by atoms with E-state index >= 15 is 0 Å². The normalized spacial score (nSPS) is 19.2. The number of methoxy groups -OCH3 is 2. The van der Waals surface area contributed by atoms with Gasteiger partial charge in [0.15, 0.2) is 0 Å². The predicted molar refractivity (Wildman–Crippen MR) is 214 cm³/mol. The summed E-state index contributed by atoms with van der Waals surface area (Å²) < 4.78 is 21.2. The molecular weight excluding hydrogens is 757 g/mol. The molecule has 5 aliphatic rings. The Balaban J connectivity index is 1.37. The number of ether oxygens (including phenoxy) is 4. The third kappa shape index (κ3) is 11.5. The maximum Gasteiger partial charge on any atom is 0.321 e. The number of nitrogens with one attached hydrogen (secondary N) is 2. The smallest absolute Gasteiger partial charge is 0.321 e. The first-order valence-corrected chi connectivity index (χ1v) is 20.4. The minimum Gasteiger partial charge on any atom is -0.469 e. The molecule has 0 spiro atoms. The molecule has 4 heterocycles. The molecule has 12 nitrogen and oxygen atoms in total. The van der Waals surface area contributed by atoms with Gasteiger partial charge in [-0.3, -0.25) is 28.8 Å². The van der Waals surface area contributed by atoms with Crippen LogP contribution in [-0.4, -0.2) is 72.9 Å². The van der Waals surface area contributed by atoms with Crippen LogP contribution in [0.4, 0.5) is 0 Å². The van der Waals surface area contributed by atoms with Gasteiger partial charge in [0.25, 0.3) is 11.8 Å². The lowest BCUT2D eigenvalue weighted by atomic mass is 9.76. The highest BCUT2D eigenvalue weighted by Crippen LogP contribution is 2.39. The van der Waals surface area contributed by atoms with Crippen LogP contribution >= 0.6 is 23.5 Å². The van der Waals surface area contributed by atoms with Gasteiger partial charge >= 0.3 is 23.9 Å². The maximum atomic E-state index is 13.4. The van der Waals surface area contributed by atoms with Crippen molar-refractivity contribution in [3.8, 4) is 11.5 Å². The van der Waals surface area contributed by atoms with Crippen molar-refractivity contribution < 1.29 is 47.7 Å². The quantitative estimate of drug-likeness (QED) is 0.182. The van der Waals surface area contributed by atoms with Crippen molar-refractivity contribution in [3.63, 3.8) is 0 Å². The van der Waals surface area contributed by atoms with Gasteiger partial charge in [0, 0.05) is 35.7 Å². The monoisotopic (exact) mass is 802 g/mol. The highest BCUT2D eigenvalue weighted by molar-refractivity contribution is 8.00. The van der Waals surface area contributed by atoms with Crippen LogP contribution in [0.15, 0.2) is 77.9 Å². The summed E-state index contributed by atoms with van der Waals surface area (Å²) in [5.41, 5.74) is 4.51. The zero-order valence-electron chi connectivity index (χ0n) is 32.1. The number of benzene rings is 3. The molecular formula is C42H46N2O10S2. The van der Waals surface area contributed by atoms with Gasteiger partial charge in [-0.2, -0.15) is 0 Å². The van der Waals surface area contributed by atoms with E-state index < -0.39 is 35.7 Å². The third-order valence-corrected chi connectivity index (χ3v) is 11.4. The first kappa shape index (κ1) is 42.1. The van der Waals surface area contributed by atoms with E-state index in [2.05, 4.69) is 10.6 Å². The largest absolute Gasteiger partial charge is 0.469 e. The first-order chi connectivity index (χ1) is 26.7. The van der Waals surface area contributed by atoms with E-state index in [9.17, 15) is 28.8 Å². The highest BCUT2D eigenvalue weighted by atomic mass is 32.2. The van der Waals surface area contributed by atoms with Crippen molar-refractivity contribution in [2.24, 2.45) is 11.8 Å². The van der Waals surface area contributed by atoms with Crippen molar-refractivity contribution in [2.45, 2.75) is 52.1 Å². The van der Waals surface area contributed by atoms with Gasteiger partial charge < -0.3 is 29.6 Å². The average molecular weight is 803 g/mol. The number of rotatable bonds is 2. The molecule has 0 aromatic heterocycles. The number of hydrogen-bond donors (Lipinski definition) is 2. The van der Waals surface area contributed by atoms with Crippen LogP contribution in [0, 0.1) is 11.8 Å². The fourth-order valence-electron chi connectivity index (χ4n) is 6.30. The molecule has 8 rings (SSSR count). The van der Waals surface area contributed by atoms with Crippen molar-refractivity contribution in [1.29, 1.82) is 0 Å². The van der Waals surface area contributed by atoms with E-state index in [1.807, 2.05) is 20.8 Å². The maximum absolute atomic E-state index is 13.4. The number of thioether (sulfide) groups is 2. The Bertz CT molecular complexity index is 1860. The Kier molecular flexibility index (Phi) is 14.4. The third-order valence-electron chi connectivity index (χ3n) is 9.46. The van der Waals surface area contributed by atoms with Gasteiger partial charge in [0.2, 0.25) is 0 Å². The Labute approximate surface area is 334 Å². The standard InChI is InChI=1S/C42H46N2O10S2/c1-42(2,3)31-15-27-14-28(16-31)39(48)44-20-26-8-12-33(13-9-26)54-37(46)24-56-22-30-18-35(41(50)52-5)34(40(49)51-4)17-29(30)21-55-23-36(45)53-32-10-6-25(7-11-32)19-43-38(27)47/h6-16,34-35H,17-24H2,1-5H3,(H,43,47)(H,44,48)/t34-,35-/m0/s1. The SMILES string of the molecule is COC(=O)[C@H]1CC2=C(CSCC(=O)Oc3ccc(cc3)CNC(=O)c3cc(cc(C(C)(C)C)c3)C(=O)NCc3ccc(cc3)OC(=O)CSC2)C[C@@H]1C(=O)OC. The van der Waals surface area contributed by atoms with Gasteiger partial charge in [-0.1, -0.05) is 56.2 Å². The molecule has 3 aromatic rings. The van der Waals surface area contributed by atoms with Crippen molar-refractivity contribution in [1.82, 2.24) is 10.6 Å². The molecule has 0 fully saturated rings. The van der Waals surface area contributed by atoms with E-state index in [1.54, 1.807) is 66.7 Å². The van der Waals surface area contributed by atoms with E-state index in [0.29, 0.717) is 34.1 Å². The molecule has 56 heavy (non-hydrogen) atoms. The first-order valence-electron chi connectivity index (χ1n) is 18.1. The van der Waals surface area contributed by atoms with Gasteiger partial charge in [-0.15, -0.1) is 23.5 Å². The zero-order chi connectivity index (χ0) is 40.4. The number of carbonyl (C=O) groups is 6. The van der Waals surface area contributed by atoms with E-state index in [0.717, 1.165) is 27.8 Å². The second-order valence-electron chi connectivity index (χ2n) is 14.5. The number of esters is 4. The Morgan fingerprint density at radius 1 is 0.625 bits per heavy atom. The molecule has 0 unspecified atom stereocenters. The molecule has 296 valence electrons. The summed E-state index contributed by atoms with van der Waals surface area (Å²) in [6, 6.07) is 18.7. The molecule has 2 N–H and O–H groups in total. The second-order valence-corrected chi connectivity index (χ2v) is 16.5. The van der Waals surface area contributed by atoms with Crippen LogP contribution in [0.25, 0.3) is 0 Å². The van der Waals surface area contributed by atoms with Crippen LogP contribution in [-0.2, 0) is 47.2 Å². The summed E-state index contributed by atoms with van der Waals surface area (Å²) in [6.07, 6.45) is 0.477. The Hall–Kier alpha value is -5.08. The minimum absolute atomic E-state index is 0.0177. The number of hydrogen-bond acceptors (Lipinski definition) is 12. The molecule has 4 aliphatic heterocycles.